The number of benzene rings is 3. The quantitative estimate of drug-likeness (QED) is 0.468. The molecule has 2 aliphatic carbocycles. The van der Waals surface area contributed by atoms with E-state index in [-0.39, 0.29) is 30.2 Å². The van der Waals surface area contributed by atoms with E-state index in [0.29, 0.717) is 17.9 Å². The van der Waals surface area contributed by atoms with Gasteiger partial charge in [0.25, 0.3) is 11.8 Å². The Morgan fingerprint density at radius 3 is 1.98 bits per heavy atom. The monoisotopic (exact) mass is 538 g/mol. The number of hydroxylamine groups is 2. The number of hydrogen-bond acceptors (Lipinski definition) is 7. The predicted molar refractivity (Wildman–Crippen MR) is 141 cm³/mol. The number of nitrogens with one attached hydrogen (secondary N) is 1. The number of rotatable bonds is 6. The summed E-state index contributed by atoms with van der Waals surface area (Å²) < 4.78 is 11.7. The van der Waals surface area contributed by atoms with Gasteiger partial charge < -0.3 is 19.6 Å². The van der Waals surface area contributed by atoms with Crippen LogP contribution in [0.2, 0.25) is 0 Å². The van der Waals surface area contributed by atoms with Crippen LogP contribution in [-0.2, 0) is 19.1 Å². The van der Waals surface area contributed by atoms with Crippen LogP contribution < -0.4 is 5.32 Å². The zero-order chi connectivity index (χ0) is 27.6. The van der Waals surface area contributed by atoms with Crippen LogP contribution in [0.25, 0.3) is 11.1 Å². The third-order valence-electron chi connectivity index (χ3n) is 8.72. The molecule has 8 rings (SSSR count). The fourth-order valence-corrected chi connectivity index (χ4v) is 6.74. The Bertz CT molecular complexity index is 1510. The van der Waals surface area contributed by atoms with Gasteiger partial charge >= 0.3 is 12.1 Å². The minimum absolute atomic E-state index is 0.0488. The maximum Gasteiger partial charge on any atom is 0.407 e. The number of hydrogen-bond donors (Lipinski definition) is 1. The molecule has 2 bridgehead atoms. The van der Waals surface area contributed by atoms with Crippen LogP contribution in [0.3, 0.4) is 0 Å². The van der Waals surface area contributed by atoms with Crippen molar-refractivity contribution in [3.63, 3.8) is 0 Å². The number of alkyl carbamates (subject to hydrolysis) is 1. The molecule has 1 N–H and O–H groups in total. The molecular weight excluding hydrogens is 512 g/mol. The zero-order valence-corrected chi connectivity index (χ0v) is 21.7. The average Bonchev–Trinajstić information content (AvgIpc) is 3.61. The second-order valence-electron chi connectivity index (χ2n) is 11.0. The first-order valence-electron chi connectivity index (χ1n) is 13.3. The maximum atomic E-state index is 13.2. The topological polar surface area (TPSA) is 111 Å². The van der Waals surface area contributed by atoms with E-state index in [0.717, 1.165) is 22.3 Å². The molecule has 3 aromatic rings. The van der Waals surface area contributed by atoms with E-state index in [9.17, 15) is 19.2 Å². The lowest BCUT2D eigenvalue weighted by Gasteiger charge is -2.43. The Morgan fingerprint density at radius 1 is 0.875 bits per heavy atom. The van der Waals surface area contributed by atoms with Gasteiger partial charge in [-0.05, 0) is 54.2 Å². The fraction of sp³-hybridized carbons (Fsp3) is 0.290. The van der Waals surface area contributed by atoms with Gasteiger partial charge in [0, 0.05) is 5.92 Å². The Balaban J connectivity index is 0.957. The van der Waals surface area contributed by atoms with E-state index < -0.39 is 41.0 Å². The van der Waals surface area contributed by atoms with Gasteiger partial charge in [0.2, 0.25) is 0 Å². The number of fused-ring (bicyclic) bond motifs is 5. The summed E-state index contributed by atoms with van der Waals surface area (Å²) in [6, 6.07) is 22.6. The second kappa shape index (κ2) is 8.76. The predicted octanol–water partition coefficient (Wildman–Crippen LogP) is 4.22. The van der Waals surface area contributed by atoms with Crippen molar-refractivity contribution in [1.82, 2.24) is 10.4 Å². The van der Waals surface area contributed by atoms with Crippen molar-refractivity contribution in [2.24, 2.45) is 5.41 Å². The van der Waals surface area contributed by atoms with Crippen LogP contribution in [0.15, 0.2) is 72.8 Å². The molecule has 1 unspecified atom stereocenters. The van der Waals surface area contributed by atoms with Gasteiger partial charge in [-0.3, -0.25) is 9.59 Å². The summed E-state index contributed by atoms with van der Waals surface area (Å²) in [7, 11) is 0. The number of nitrogens with zero attached hydrogens (tertiary/aromatic N) is 1. The van der Waals surface area contributed by atoms with Crippen LogP contribution in [0, 0.1) is 5.41 Å². The average molecular weight is 539 g/mol. The van der Waals surface area contributed by atoms with Gasteiger partial charge in [-0.1, -0.05) is 65.7 Å². The van der Waals surface area contributed by atoms with E-state index in [1.54, 1.807) is 19.1 Å². The van der Waals surface area contributed by atoms with Crippen molar-refractivity contribution in [2.45, 2.75) is 37.4 Å². The molecule has 1 atom stereocenters. The Morgan fingerprint density at radius 2 is 1.40 bits per heavy atom. The van der Waals surface area contributed by atoms with Gasteiger partial charge in [-0.2, -0.15) is 0 Å². The first-order valence-corrected chi connectivity index (χ1v) is 13.3. The highest BCUT2D eigenvalue weighted by atomic mass is 16.7. The summed E-state index contributed by atoms with van der Waals surface area (Å²) in [6.45, 7) is 2.11. The molecule has 3 fully saturated rings. The van der Waals surface area contributed by atoms with Crippen molar-refractivity contribution in [1.29, 1.82) is 0 Å². The second-order valence-corrected chi connectivity index (χ2v) is 11.0. The lowest BCUT2D eigenvalue weighted by Crippen LogP contribution is -2.56. The Hall–Kier alpha value is -4.50. The Kier molecular flexibility index (Phi) is 5.37. The molecule has 1 saturated carbocycles. The third kappa shape index (κ3) is 3.50. The lowest BCUT2D eigenvalue weighted by atomic mass is 9.60. The number of ether oxygens (including phenoxy) is 2. The minimum atomic E-state index is -1.00. The lowest BCUT2D eigenvalue weighted by molar-refractivity contribution is -0.187. The summed E-state index contributed by atoms with van der Waals surface area (Å²) in [4.78, 5) is 56.5. The number of carbonyl (C=O) groups excluding carboxylic acids is 4. The van der Waals surface area contributed by atoms with Crippen LogP contribution >= 0.6 is 0 Å². The number of carbonyl (C=O) groups is 4. The van der Waals surface area contributed by atoms with Crippen LogP contribution in [0.1, 0.15) is 57.5 Å². The standard InChI is InChI=1S/C31H26N2O7/c1-18-31(28(36)40-33-26(34)23-12-6-7-13-24(23)27(33)35)15-30(16-31,39-18)17-32-29(37)38-14-25-21-10-4-2-8-19(21)20-9-3-5-11-22(20)25/h2-13,18,25H,14-17H2,1H3,(H,32,37). The summed E-state index contributed by atoms with van der Waals surface area (Å²) in [6.07, 6.45) is -0.482. The summed E-state index contributed by atoms with van der Waals surface area (Å²) in [5.41, 5.74) is 3.21. The van der Waals surface area contributed by atoms with Crippen molar-refractivity contribution in [2.75, 3.05) is 13.2 Å². The molecule has 0 spiro atoms. The highest BCUT2D eigenvalue weighted by Crippen LogP contribution is 2.62. The molecular formula is C31H26N2O7. The SMILES string of the molecule is CC1OC2(CNC(=O)OCC3c4ccccc4-c4ccccc43)CC1(C(=O)ON1C(=O)c3ccccc3C1=O)C2. The van der Waals surface area contributed by atoms with Crippen molar-refractivity contribution < 1.29 is 33.5 Å². The van der Waals surface area contributed by atoms with Gasteiger partial charge in [0.05, 0.1) is 29.4 Å². The van der Waals surface area contributed by atoms with E-state index in [2.05, 4.69) is 29.6 Å². The van der Waals surface area contributed by atoms with Crippen LogP contribution in [-0.4, -0.2) is 53.8 Å². The smallest absolute Gasteiger partial charge is 0.407 e. The number of amides is 3. The molecule has 2 saturated heterocycles. The van der Waals surface area contributed by atoms with Crippen molar-refractivity contribution >= 4 is 23.9 Å². The molecule has 40 heavy (non-hydrogen) atoms. The van der Waals surface area contributed by atoms with Crippen molar-refractivity contribution in [3.8, 4) is 11.1 Å². The zero-order valence-electron chi connectivity index (χ0n) is 21.7. The minimum Gasteiger partial charge on any atom is -0.449 e. The molecule has 0 aromatic heterocycles. The highest BCUT2D eigenvalue weighted by Gasteiger charge is 2.71. The van der Waals surface area contributed by atoms with Gasteiger partial charge in [0.1, 0.15) is 12.0 Å². The largest absolute Gasteiger partial charge is 0.449 e. The van der Waals surface area contributed by atoms with Crippen LogP contribution in [0.4, 0.5) is 4.79 Å². The highest BCUT2D eigenvalue weighted by molar-refractivity contribution is 6.21. The first kappa shape index (κ1) is 24.5. The van der Waals surface area contributed by atoms with E-state index in [1.807, 2.05) is 24.3 Å². The molecule has 3 aliphatic heterocycles. The van der Waals surface area contributed by atoms with Gasteiger partial charge in [-0.15, -0.1) is 0 Å². The van der Waals surface area contributed by atoms with E-state index in [1.165, 1.54) is 12.1 Å². The molecule has 3 amide bonds. The van der Waals surface area contributed by atoms with E-state index in [4.69, 9.17) is 14.3 Å². The van der Waals surface area contributed by atoms with Crippen molar-refractivity contribution in [3.05, 3.63) is 95.1 Å². The Labute approximate surface area is 230 Å². The third-order valence-corrected chi connectivity index (χ3v) is 8.72. The first-order chi connectivity index (χ1) is 19.3. The summed E-state index contributed by atoms with van der Waals surface area (Å²) >= 11 is 0. The molecule has 9 nitrogen and oxygen atoms in total. The van der Waals surface area contributed by atoms with Crippen LogP contribution in [0.5, 0.6) is 0 Å². The number of imide groups is 1. The molecule has 0 radical (unpaired) electrons. The molecule has 3 aromatic carbocycles. The molecule has 5 aliphatic rings. The normalized spacial score (nSPS) is 25.6. The molecule has 202 valence electrons. The maximum absolute atomic E-state index is 13.2. The van der Waals surface area contributed by atoms with Gasteiger partial charge in [0.15, 0.2) is 0 Å². The summed E-state index contributed by atoms with van der Waals surface area (Å²) in [5, 5.41) is 3.32. The summed E-state index contributed by atoms with van der Waals surface area (Å²) in [5.74, 6) is -2.07. The molecule has 9 heteroatoms. The van der Waals surface area contributed by atoms with Gasteiger partial charge in [-0.25, -0.2) is 9.59 Å². The molecule has 3 heterocycles. The van der Waals surface area contributed by atoms with E-state index >= 15 is 0 Å². The fourth-order valence-electron chi connectivity index (χ4n) is 6.74.